The topological polar surface area (TPSA) is 138 Å². The number of Topliss-reactive ketones (excluding diaryl/α,β-unsaturated/α-hetero) is 1. The minimum Gasteiger partial charge on any atom is -0.468 e. The lowest BCUT2D eigenvalue weighted by Crippen LogP contribution is -2.48. The maximum absolute atomic E-state index is 14.6. The fourth-order valence-electron chi connectivity index (χ4n) is 6.38. The molecule has 256 valence electrons. The van der Waals surface area contributed by atoms with Crippen LogP contribution in [0.25, 0.3) is 10.9 Å². The van der Waals surface area contributed by atoms with E-state index in [1.54, 1.807) is 4.90 Å². The Hall–Kier alpha value is -3.98. The highest BCUT2D eigenvalue weighted by Gasteiger charge is 2.36. The average molecular weight is 647 g/mol. The number of primary amides is 1. The van der Waals surface area contributed by atoms with Gasteiger partial charge in [-0.05, 0) is 37.3 Å². The van der Waals surface area contributed by atoms with E-state index in [-0.39, 0.29) is 31.0 Å². The van der Waals surface area contributed by atoms with E-state index in [1.165, 1.54) is 32.8 Å². The zero-order chi connectivity index (χ0) is 34.2. The number of fused-ring (bicyclic) bond motifs is 1. The van der Waals surface area contributed by atoms with Gasteiger partial charge in [-0.2, -0.15) is 0 Å². The van der Waals surface area contributed by atoms with Crippen LogP contribution < -0.4 is 11.5 Å². The van der Waals surface area contributed by atoms with Crippen molar-refractivity contribution in [3.8, 4) is 0 Å². The number of ether oxygens (including phenoxy) is 1. The molecule has 2 amide bonds. The van der Waals surface area contributed by atoms with Crippen molar-refractivity contribution in [3.05, 3.63) is 71.9 Å². The third kappa shape index (κ3) is 11.1. The number of amides is 2. The van der Waals surface area contributed by atoms with Crippen LogP contribution in [-0.4, -0.2) is 58.8 Å². The van der Waals surface area contributed by atoms with Crippen molar-refractivity contribution in [2.24, 2.45) is 17.4 Å². The largest absolute Gasteiger partial charge is 0.468 e. The Kier molecular flexibility index (Phi) is 15.7. The summed E-state index contributed by atoms with van der Waals surface area (Å²) in [6.07, 6.45) is 11.0. The maximum atomic E-state index is 14.6. The molecule has 0 aliphatic rings. The summed E-state index contributed by atoms with van der Waals surface area (Å²) < 4.78 is 6.85. The van der Waals surface area contributed by atoms with Crippen molar-refractivity contribution in [2.75, 3.05) is 13.7 Å². The lowest BCUT2D eigenvalue weighted by molar-refractivity contribution is -0.143. The number of carbonyl (C=O) groups is 4. The summed E-state index contributed by atoms with van der Waals surface area (Å²) in [5, 5.41) is 0.752. The number of carbonyl (C=O) groups excluding carboxylic acids is 4. The molecule has 1 heterocycles. The average Bonchev–Trinajstić information content (AvgIpc) is 3.44. The second kappa shape index (κ2) is 19.6. The number of aromatic nitrogens is 1. The van der Waals surface area contributed by atoms with Gasteiger partial charge < -0.3 is 25.7 Å². The Morgan fingerprint density at radius 3 is 2.15 bits per heavy atom. The smallest absolute Gasteiger partial charge is 0.322 e. The molecule has 47 heavy (non-hydrogen) atoms. The normalized spacial score (nSPS) is 13.2. The van der Waals surface area contributed by atoms with Crippen LogP contribution in [0.1, 0.15) is 107 Å². The molecule has 1 unspecified atom stereocenters. The molecule has 0 aliphatic carbocycles. The Morgan fingerprint density at radius 2 is 1.49 bits per heavy atom. The molecular formula is C38H54N4O5. The van der Waals surface area contributed by atoms with E-state index in [0.29, 0.717) is 31.5 Å². The second-order valence-corrected chi connectivity index (χ2v) is 12.6. The Balaban J connectivity index is 1.96. The van der Waals surface area contributed by atoms with Crippen molar-refractivity contribution in [1.29, 1.82) is 0 Å². The summed E-state index contributed by atoms with van der Waals surface area (Å²) in [4.78, 5) is 55.2. The molecule has 3 atom stereocenters. The number of benzene rings is 2. The first-order chi connectivity index (χ1) is 22.7. The van der Waals surface area contributed by atoms with Gasteiger partial charge in [-0.25, -0.2) is 0 Å². The standard InChI is InChI=1S/C38H54N4O5/c1-4-6-7-8-9-10-14-19-29(25-35(40)43)42(24-5-2)37(45)31(22-23-33(39)38(46)47-3)36(44)32-27-41(26-28-17-12-11-13-18-28)34-21-16-15-20-30(32)34/h11-13,15-18,20-21,27,29,31,33H,4-10,14,19,22-26,39H2,1-3H3,(H2,40,43)/t29-,31+,33?/m0/s1. The molecule has 0 radical (unpaired) electrons. The molecule has 9 nitrogen and oxygen atoms in total. The molecule has 3 aromatic rings. The Labute approximate surface area is 280 Å². The molecule has 0 spiro atoms. The van der Waals surface area contributed by atoms with Gasteiger partial charge in [0.25, 0.3) is 0 Å². The number of hydrogen-bond acceptors (Lipinski definition) is 6. The fraction of sp³-hybridized carbons (Fsp3) is 0.526. The third-order valence-electron chi connectivity index (χ3n) is 8.90. The summed E-state index contributed by atoms with van der Waals surface area (Å²) in [5.41, 5.74) is 14.2. The number of nitrogens with zero attached hydrogens (tertiary/aromatic N) is 2. The van der Waals surface area contributed by atoms with Crippen LogP contribution in [0.3, 0.4) is 0 Å². The van der Waals surface area contributed by atoms with Crippen molar-refractivity contribution in [1.82, 2.24) is 9.47 Å². The summed E-state index contributed by atoms with van der Waals surface area (Å²) in [5.74, 6) is -2.86. The van der Waals surface area contributed by atoms with Crippen molar-refractivity contribution < 1.29 is 23.9 Å². The highest BCUT2D eigenvalue weighted by molar-refractivity contribution is 6.16. The number of ketones is 1. The quantitative estimate of drug-likeness (QED) is 0.0562. The number of hydrogen-bond donors (Lipinski definition) is 2. The first-order valence-electron chi connectivity index (χ1n) is 17.3. The highest BCUT2D eigenvalue weighted by atomic mass is 16.5. The molecule has 2 aromatic carbocycles. The van der Waals surface area contributed by atoms with Gasteiger partial charge >= 0.3 is 5.97 Å². The van der Waals surface area contributed by atoms with Gasteiger partial charge in [-0.3, -0.25) is 19.2 Å². The van der Waals surface area contributed by atoms with Gasteiger partial charge in [0.15, 0.2) is 5.78 Å². The van der Waals surface area contributed by atoms with Crippen LogP contribution in [0.15, 0.2) is 60.8 Å². The van der Waals surface area contributed by atoms with Crippen LogP contribution in [0.4, 0.5) is 0 Å². The predicted molar refractivity (Wildman–Crippen MR) is 187 cm³/mol. The molecular weight excluding hydrogens is 592 g/mol. The van der Waals surface area contributed by atoms with Gasteiger partial charge in [-0.15, -0.1) is 0 Å². The zero-order valence-corrected chi connectivity index (χ0v) is 28.5. The molecule has 0 bridgehead atoms. The van der Waals surface area contributed by atoms with Crippen LogP contribution in [-0.2, 0) is 25.7 Å². The Morgan fingerprint density at radius 1 is 0.830 bits per heavy atom. The molecule has 0 fully saturated rings. The number of unbranched alkanes of at least 4 members (excludes halogenated alkanes) is 6. The van der Waals surface area contributed by atoms with Gasteiger partial charge in [0, 0.05) is 48.2 Å². The van der Waals surface area contributed by atoms with E-state index in [0.717, 1.165) is 35.7 Å². The lowest BCUT2D eigenvalue weighted by Gasteiger charge is -2.34. The lowest BCUT2D eigenvalue weighted by atomic mass is 9.89. The van der Waals surface area contributed by atoms with Gasteiger partial charge in [0.05, 0.1) is 7.11 Å². The molecule has 9 heteroatoms. The fourth-order valence-corrected chi connectivity index (χ4v) is 6.38. The van der Waals surface area contributed by atoms with E-state index < -0.39 is 29.9 Å². The van der Waals surface area contributed by atoms with E-state index >= 15 is 0 Å². The van der Waals surface area contributed by atoms with E-state index in [1.807, 2.05) is 72.3 Å². The van der Waals surface area contributed by atoms with Gasteiger partial charge in [0.1, 0.15) is 12.0 Å². The van der Waals surface area contributed by atoms with Crippen molar-refractivity contribution in [3.63, 3.8) is 0 Å². The van der Waals surface area contributed by atoms with Crippen molar-refractivity contribution in [2.45, 2.75) is 110 Å². The second-order valence-electron chi connectivity index (χ2n) is 12.6. The molecule has 0 saturated carbocycles. The summed E-state index contributed by atoms with van der Waals surface area (Å²) in [6, 6.07) is 16.3. The first-order valence-corrected chi connectivity index (χ1v) is 17.3. The first kappa shape index (κ1) is 37.5. The molecule has 0 saturated heterocycles. The predicted octanol–water partition coefficient (Wildman–Crippen LogP) is 6.39. The van der Waals surface area contributed by atoms with Crippen LogP contribution >= 0.6 is 0 Å². The minimum atomic E-state index is -1.10. The minimum absolute atomic E-state index is 0.0283. The van der Waals surface area contributed by atoms with Crippen LogP contribution in [0.5, 0.6) is 0 Å². The molecule has 4 N–H and O–H groups in total. The van der Waals surface area contributed by atoms with Crippen LogP contribution in [0, 0.1) is 5.92 Å². The highest BCUT2D eigenvalue weighted by Crippen LogP contribution is 2.29. The van der Waals surface area contributed by atoms with Crippen molar-refractivity contribution >= 4 is 34.5 Å². The number of rotatable bonds is 22. The van der Waals surface area contributed by atoms with E-state index in [2.05, 4.69) is 6.92 Å². The number of para-hydroxylation sites is 1. The Bertz CT molecular complexity index is 1440. The monoisotopic (exact) mass is 646 g/mol. The summed E-state index contributed by atoms with van der Waals surface area (Å²) in [7, 11) is 1.26. The SMILES string of the molecule is CCCCCCCCC[C@@H](CC(N)=O)N(CCC)C(=O)[C@H](CCC(N)C(=O)OC)C(=O)c1cn(Cc2ccccc2)c2ccccc12. The van der Waals surface area contributed by atoms with Gasteiger partial charge in [-0.1, -0.05) is 107 Å². The zero-order valence-electron chi connectivity index (χ0n) is 28.5. The van der Waals surface area contributed by atoms with E-state index in [4.69, 9.17) is 16.2 Å². The third-order valence-corrected chi connectivity index (χ3v) is 8.90. The number of nitrogens with two attached hydrogens (primary N) is 2. The number of esters is 1. The molecule has 0 aliphatic heterocycles. The van der Waals surface area contributed by atoms with E-state index in [9.17, 15) is 19.2 Å². The summed E-state index contributed by atoms with van der Waals surface area (Å²) in [6.45, 7) is 5.10. The number of methoxy groups -OCH3 is 1. The summed E-state index contributed by atoms with van der Waals surface area (Å²) >= 11 is 0. The van der Waals surface area contributed by atoms with Crippen LogP contribution in [0.2, 0.25) is 0 Å². The molecule has 3 rings (SSSR count). The van der Waals surface area contributed by atoms with Gasteiger partial charge in [0.2, 0.25) is 11.8 Å². The maximum Gasteiger partial charge on any atom is 0.322 e. The molecule has 1 aromatic heterocycles.